The monoisotopic (exact) mass is 345 g/mol. The summed E-state index contributed by atoms with van der Waals surface area (Å²) in [6, 6.07) is 7.70. The minimum Gasteiger partial charge on any atom is -0.469 e. The fourth-order valence-electron chi connectivity index (χ4n) is 2.74. The van der Waals surface area contributed by atoms with Gasteiger partial charge in [-0.3, -0.25) is 9.59 Å². The lowest BCUT2D eigenvalue weighted by molar-refractivity contribution is -0.151. The van der Waals surface area contributed by atoms with Crippen LogP contribution in [0.2, 0.25) is 0 Å². The van der Waals surface area contributed by atoms with Crippen molar-refractivity contribution in [1.29, 1.82) is 0 Å². The average Bonchev–Trinajstić information content (AvgIpc) is 2.64. The molecule has 0 radical (unpaired) electrons. The van der Waals surface area contributed by atoms with E-state index < -0.39 is 5.97 Å². The number of esters is 2. The summed E-state index contributed by atoms with van der Waals surface area (Å²) in [6.45, 7) is 2.61. The van der Waals surface area contributed by atoms with Crippen LogP contribution in [0.3, 0.4) is 0 Å². The number of hydrogen-bond donors (Lipinski definition) is 0. The molecule has 0 spiro atoms. The number of piperidine rings is 1. The van der Waals surface area contributed by atoms with E-state index in [-0.39, 0.29) is 24.4 Å². The molecule has 0 aromatic heterocycles. The number of nitrogens with zero attached hydrogens (tertiary/aromatic N) is 1. The molecule has 0 saturated carbocycles. The first-order chi connectivity index (χ1) is 12.0. The second kappa shape index (κ2) is 9.01. The molecule has 134 valence electrons. The van der Waals surface area contributed by atoms with Gasteiger partial charge in [-0.05, 0) is 31.4 Å². The highest BCUT2D eigenvalue weighted by molar-refractivity contribution is 5.89. The SMILES string of the molecule is COC(=O)C1CCN(C(=O)COC(=O)/C=C/c2cccc(C)c2)CC1. The van der Waals surface area contributed by atoms with Gasteiger partial charge in [0.1, 0.15) is 0 Å². The Morgan fingerprint density at radius 1 is 1.24 bits per heavy atom. The summed E-state index contributed by atoms with van der Waals surface area (Å²) in [5, 5.41) is 0. The van der Waals surface area contributed by atoms with Gasteiger partial charge >= 0.3 is 11.9 Å². The van der Waals surface area contributed by atoms with Crippen LogP contribution < -0.4 is 0 Å². The highest BCUT2D eigenvalue weighted by Gasteiger charge is 2.28. The quantitative estimate of drug-likeness (QED) is 0.602. The van der Waals surface area contributed by atoms with Gasteiger partial charge in [-0.15, -0.1) is 0 Å². The van der Waals surface area contributed by atoms with Crippen molar-refractivity contribution in [2.45, 2.75) is 19.8 Å². The van der Waals surface area contributed by atoms with E-state index in [2.05, 4.69) is 0 Å². The van der Waals surface area contributed by atoms with Gasteiger partial charge < -0.3 is 14.4 Å². The van der Waals surface area contributed by atoms with Crippen molar-refractivity contribution in [3.05, 3.63) is 41.5 Å². The first-order valence-electron chi connectivity index (χ1n) is 8.26. The Kier molecular flexibility index (Phi) is 6.74. The lowest BCUT2D eigenvalue weighted by Gasteiger charge is -2.30. The van der Waals surface area contributed by atoms with Crippen molar-refractivity contribution in [2.24, 2.45) is 5.92 Å². The number of carbonyl (C=O) groups excluding carboxylic acids is 3. The van der Waals surface area contributed by atoms with E-state index in [9.17, 15) is 14.4 Å². The number of amides is 1. The molecule has 0 bridgehead atoms. The summed E-state index contributed by atoms with van der Waals surface area (Å²) in [7, 11) is 1.36. The van der Waals surface area contributed by atoms with Crippen molar-refractivity contribution in [3.8, 4) is 0 Å². The maximum atomic E-state index is 12.1. The van der Waals surface area contributed by atoms with Crippen LogP contribution >= 0.6 is 0 Å². The fourth-order valence-corrected chi connectivity index (χ4v) is 2.74. The zero-order valence-corrected chi connectivity index (χ0v) is 14.6. The molecular weight excluding hydrogens is 322 g/mol. The van der Waals surface area contributed by atoms with Gasteiger partial charge in [0.05, 0.1) is 13.0 Å². The van der Waals surface area contributed by atoms with Crippen LogP contribution in [0.1, 0.15) is 24.0 Å². The molecule has 1 aliphatic heterocycles. The van der Waals surface area contributed by atoms with Crippen LogP contribution in [0.4, 0.5) is 0 Å². The lowest BCUT2D eigenvalue weighted by atomic mass is 9.97. The van der Waals surface area contributed by atoms with Crippen LogP contribution in [0, 0.1) is 12.8 Å². The summed E-state index contributed by atoms with van der Waals surface area (Å²) < 4.78 is 9.71. The van der Waals surface area contributed by atoms with Crippen molar-refractivity contribution in [2.75, 3.05) is 26.8 Å². The number of hydrogen-bond acceptors (Lipinski definition) is 5. The zero-order chi connectivity index (χ0) is 18.2. The second-order valence-electron chi connectivity index (χ2n) is 6.03. The maximum absolute atomic E-state index is 12.1. The predicted octanol–water partition coefficient (Wildman–Crippen LogP) is 1.96. The Morgan fingerprint density at radius 3 is 2.60 bits per heavy atom. The normalized spacial score (nSPS) is 15.2. The molecule has 1 saturated heterocycles. The number of ether oxygens (including phenoxy) is 2. The van der Waals surface area contributed by atoms with Gasteiger partial charge in [-0.1, -0.05) is 29.8 Å². The summed E-state index contributed by atoms with van der Waals surface area (Å²) >= 11 is 0. The summed E-state index contributed by atoms with van der Waals surface area (Å²) in [5.41, 5.74) is 1.99. The molecule has 1 aromatic carbocycles. The molecule has 0 N–H and O–H groups in total. The van der Waals surface area contributed by atoms with Crippen molar-refractivity contribution < 1.29 is 23.9 Å². The highest BCUT2D eigenvalue weighted by atomic mass is 16.5. The van der Waals surface area contributed by atoms with E-state index >= 15 is 0 Å². The van der Waals surface area contributed by atoms with E-state index in [1.54, 1.807) is 11.0 Å². The topological polar surface area (TPSA) is 72.9 Å². The van der Waals surface area contributed by atoms with Crippen LogP contribution in [-0.4, -0.2) is 49.6 Å². The van der Waals surface area contributed by atoms with Gasteiger partial charge in [0.15, 0.2) is 6.61 Å². The van der Waals surface area contributed by atoms with E-state index in [0.717, 1.165) is 11.1 Å². The number of aryl methyl sites for hydroxylation is 1. The van der Waals surface area contributed by atoms with E-state index in [1.165, 1.54) is 13.2 Å². The molecule has 0 atom stereocenters. The number of likely N-dealkylation sites (tertiary alicyclic amines) is 1. The molecular formula is C19H23NO5. The molecule has 0 unspecified atom stereocenters. The molecule has 6 nitrogen and oxygen atoms in total. The van der Waals surface area contributed by atoms with Gasteiger partial charge in [0.2, 0.25) is 0 Å². The average molecular weight is 345 g/mol. The highest BCUT2D eigenvalue weighted by Crippen LogP contribution is 2.18. The Morgan fingerprint density at radius 2 is 1.96 bits per heavy atom. The third-order valence-electron chi connectivity index (χ3n) is 4.17. The first-order valence-corrected chi connectivity index (χ1v) is 8.26. The van der Waals surface area contributed by atoms with Gasteiger partial charge in [0, 0.05) is 19.2 Å². The van der Waals surface area contributed by atoms with Crippen LogP contribution in [0.15, 0.2) is 30.3 Å². The van der Waals surface area contributed by atoms with Crippen LogP contribution in [-0.2, 0) is 23.9 Å². The number of rotatable bonds is 5. The molecule has 25 heavy (non-hydrogen) atoms. The minimum atomic E-state index is -0.556. The molecule has 6 heteroatoms. The smallest absolute Gasteiger partial charge is 0.331 e. The van der Waals surface area contributed by atoms with Gasteiger partial charge in [-0.2, -0.15) is 0 Å². The van der Waals surface area contributed by atoms with Crippen LogP contribution in [0.25, 0.3) is 6.08 Å². The van der Waals surface area contributed by atoms with Gasteiger partial charge in [-0.25, -0.2) is 4.79 Å². The van der Waals surface area contributed by atoms with Crippen molar-refractivity contribution >= 4 is 23.9 Å². The molecule has 1 fully saturated rings. The molecule has 1 heterocycles. The van der Waals surface area contributed by atoms with Crippen molar-refractivity contribution in [3.63, 3.8) is 0 Å². The Balaban J connectivity index is 1.74. The van der Waals surface area contributed by atoms with Crippen molar-refractivity contribution in [1.82, 2.24) is 4.90 Å². The predicted molar refractivity (Wildman–Crippen MR) is 92.5 cm³/mol. The molecule has 1 amide bonds. The summed E-state index contributed by atoms with van der Waals surface area (Å²) in [5.74, 6) is -1.20. The molecule has 0 aliphatic carbocycles. The summed E-state index contributed by atoms with van der Waals surface area (Å²) in [4.78, 5) is 36.9. The van der Waals surface area contributed by atoms with E-state index in [1.807, 2.05) is 31.2 Å². The lowest BCUT2D eigenvalue weighted by Crippen LogP contribution is -2.42. The number of methoxy groups -OCH3 is 1. The Bertz CT molecular complexity index is 660. The van der Waals surface area contributed by atoms with Crippen LogP contribution in [0.5, 0.6) is 0 Å². The minimum absolute atomic E-state index is 0.158. The molecule has 1 aliphatic rings. The van der Waals surface area contributed by atoms with E-state index in [0.29, 0.717) is 25.9 Å². The second-order valence-corrected chi connectivity index (χ2v) is 6.03. The Hall–Kier alpha value is -2.63. The molecule has 1 aromatic rings. The standard InChI is InChI=1S/C19H23NO5/c1-14-4-3-5-15(12-14)6-7-18(22)25-13-17(21)20-10-8-16(9-11-20)19(23)24-2/h3-7,12,16H,8-11,13H2,1-2H3/b7-6+. The maximum Gasteiger partial charge on any atom is 0.331 e. The first kappa shape index (κ1) is 18.7. The number of carbonyl (C=O) groups is 3. The third-order valence-corrected chi connectivity index (χ3v) is 4.17. The van der Waals surface area contributed by atoms with E-state index in [4.69, 9.17) is 9.47 Å². The molecule has 2 rings (SSSR count). The third kappa shape index (κ3) is 5.74. The zero-order valence-electron chi connectivity index (χ0n) is 14.6. The summed E-state index contributed by atoms with van der Waals surface area (Å²) in [6.07, 6.45) is 4.10. The Labute approximate surface area is 147 Å². The largest absolute Gasteiger partial charge is 0.469 e. The van der Waals surface area contributed by atoms with Gasteiger partial charge in [0.25, 0.3) is 5.91 Å². The fraction of sp³-hybridized carbons (Fsp3) is 0.421. The number of benzene rings is 1.